The van der Waals surface area contributed by atoms with Crippen LogP contribution in [0.4, 0.5) is 0 Å². The van der Waals surface area contributed by atoms with Crippen molar-refractivity contribution in [3.05, 3.63) is 23.3 Å². The molecule has 1 aliphatic heterocycles. The summed E-state index contributed by atoms with van der Waals surface area (Å²) in [7, 11) is 0. The van der Waals surface area contributed by atoms with Crippen LogP contribution >= 0.6 is 0 Å². The van der Waals surface area contributed by atoms with E-state index in [0.29, 0.717) is 6.04 Å². The fourth-order valence-corrected chi connectivity index (χ4v) is 2.78. The third kappa shape index (κ3) is 10.1. The Bertz CT molecular complexity index is 337. The summed E-state index contributed by atoms with van der Waals surface area (Å²) in [6.07, 6.45) is 9.58. The van der Waals surface area contributed by atoms with Gasteiger partial charge in [0.2, 0.25) is 0 Å². The highest BCUT2D eigenvalue weighted by molar-refractivity contribution is 5.02. The van der Waals surface area contributed by atoms with Gasteiger partial charge in [-0.25, -0.2) is 0 Å². The molecule has 0 aromatic carbocycles. The molecular formula is C19H37N3. The molecular weight excluding hydrogens is 270 g/mol. The van der Waals surface area contributed by atoms with Crippen LogP contribution in [0, 0.1) is 0 Å². The van der Waals surface area contributed by atoms with Crippen molar-refractivity contribution in [3.63, 3.8) is 0 Å². The van der Waals surface area contributed by atoms with Gasteiger partial charge in [0.15, 0.2) is 0 Å². The Balaban J connectivity index is 2.04. The van der Waals surface area contributed by atoms with Crippen LogP contribution in [0.3, 0.4) is 0 Å². The lowest BCUT2D eigenvalue weighted by atomic mass is 10.1. The van der Waals surface area contributed by atoms with Crippen LogP contribution in [0.25, 0.3) is 0 Å². The lowest BCUT2D eigenvalue weighted by Gasteiger charge is -2.27. The number of hydrogen-bond acceptors (Lipinski definition) is 3. The first-order valence-electron chi connectivity index (χ1n) is 9.03. The zero-order valence-corrected chi connectivity index (χ0v) is 15.3. The zero-order valence-electron chi connectivity index (χ0n) is 15.3. The van der Waals surface area contributed by atoms with Crippen LogP contribution in [0.1, 0.15) is 53.4 Å². The highest BCUT2D eigenvalue weighted by Gasteiger charge is 2.09. The Morgan fingerprint density at radius 3 is 2.55 bits per heavy atom. The van der Waals surface area contributed by atoms with Crippen LogP contribution in [0.15, 0.2) is 23.3 Å². The molecule has 1 rings (SSSR count). The second-order valence-electron chi connectivity index (χ2n) is 6.89. The van der Waals surface area contributed by atoms with Gasteiger partial charge in [-0.05, 0) is 53.4 Å². The van der Waals surface area contributed by atoms with Crippen molar-refractivity contribution in [2.24, 2.45) is 0 Å². The van der Waals surface area contributed by atoms with Gasteiger partial charge in [0, 0.05) is 45.3 Å². The highest BCUT2D eigenvalue weighted by atomic mass is 15.2. The number of nitrogens with zero attached hydrogens (tertiary/aromatic N) is 1. The Hall–Kier alpha value is -0.640. The highest BCUT2D eigenvalue weighted by Crippen LogP contribution is 2.09. The predicted octanol–water partition coefficient (Wildman–Crippen LogP) is 3.34. The quantitative estimate of drug-likeness (QED) is 0.606. The summed E-state index contributed by atoms with van der Waals surface area (Å²) in [6, 6.07) is 0.616. The molecule has 0 unspecified atom stereocenters. The van der Waals surface area contributed by atoms with Crippen molar-refractivity contribution in [3.8, 4) is 0 Å². The molecule has 128 valence electrons. The van der Waals surface area contributed by atoms with E-state index in [4.69, 9.17) is 0 Å². The molecule has 1 saturated heterocycles. The van der Waals surface area contributed by atoms with Crippen LogP contribution < -0.4 is 10.6 Å². The first-order valence-corrected chi connectivity index (χ1v) is 9.03. The van der Waals surface area contributed by atoms with Crippen LogP contribution in [-0.2, 0) is 0 Å². The van der Waals surface area contributed by atoms with Crippen LogP contribution in [-0.4, -0.2) is 50.2 Å². The van der Waals surface area contributed by atoms with Gasteiger partial charge in [-0.1, -0.05) is 23.3 Å². The second kappa shape index (κ2) is 11.9. The molecule has 0 saturated carbocycles. The van der Waals surface area contributed by atoms with Gasteiger partial charge in [0.1, 0.15) is 0 Å². The molecule has 0 amide bonds. The maximum absolute atomic E-state index is 3.66. The summed E-state index contributed by atoms with van der Waals surface area (Å²) >= 11 is 0. The molecule has 0 aromatic rings. The van der Waals surface area contributed by atoms with Crippen molar-refractivity contribution in [1.82, 2.24) is 15.5 Å². The van der Waals surface area contributed by atoms with Crippen molar-refractivity contribution < 1.29 is 0 Å². The van der Waals surface area contributed by atoms with Gasteiger partial charge in [-0.2, -0.15) is 0 Å². The maximum Gasteiger partial charge on any atom is 0.0108 e. The Kier molecular flexibility index (Phi) is 10.5. The molecule has 0 aromatic heterocycles. The van der Waals surface area contributed by atoms with Crippen molar-refractivity contribution >= 4 is 0 Å². The molecule has 0 spiro atoms. The Morgan fingerprint density at radius 1 is 1.14 bits per heavy atom. The lowest BCUT2D eigenvalue weighted by molar-refractivity contribution is 0.238. The number of nitrogens with one attached hydrogen (secondary N) is 2. The number of rotatable bonds is 10. The van der Waals surface area contributed by atoms with E-state index in [1.165, 1.54) is 56.5 Å². The van der Waals surface area contributed by atoms with E-state index in [2.05, 4.69) is 55.4 Å². The number of hydrogen-bond donors (Lipinski definition) is 2. The van der Waals surface area contributed by atoms with Gasteiger partial charge >= 0.3 is 0 Å². The van der Waals surface area contributed by atoms with E-state index in [1.54, 1.807) is 0 Å². The summed E-state index contributed by atoms with van der Waals surface area (Å²) in [5.74, 6) is 0. The van der Waals surface area contributed by atoms with Crippen LogP contribution in [0.2, 0.25) is 0 Å². The first-order chi connectivity index (χ1) is 10.6. The predicted molar refractivity (Wildman–Crippen MR) is 98.4 cm³/mol. The van der Waals surface area contributed by atoms with E-state index in [1.807, 2.05) is 0 Å². The Labute approximate surface area is 138 Å². The van der Waals surface area contributed by atoms with E-state index < -0.39 is 0 Å². The van der Waals surface area contributed by atoms with Crippen molar-refractivity contribution in [2.75, 3.05) is 39.3 Å². The molecule has 1 heterocycles. The summed E-state index contributed by atoms with van der Waals surface area (Å²) in [4.78, 5) is 2.55. The molecule has 0 radical (unpaired) electrons. The summed E-state index contributed by atoms with van der Waals surface area (Å²) < 4.78 is 0. The molecule has 3 nitrogen and oxygen atoms in total. The maximum atomic E-state index is 3.66. The van der Waals surface area contributed by atoms with E-state index >= 15 is 0 Å². The molecule has 1 fully saturated rings. The topological polar surface area (TPSA) is 27.3 Å². The van der Waals surface area contributed by atoms with Gasteiger partial charge < -0.3 is 10.6 Å². The molecule has 22 heavy (non-hydrogen) atoms. The van der Waals surface area contributed by atoms with Crippen molar-refractivity contribution in [1.29, 1.82) is 0 Å². The SMILES string of the molecule is CC(C)=CCC/C(C)=C/CC[C@H](C)NCCN1CCNCC1. The summed E-state index contributed by atoms with van der Waals surface area (Å²) in [5, 5.41) is 7.06. The van der Waals surface area contributed by atoms with Gasteiger partial charge in [0.25, 0.3) is 0 Å². The monoisotopic (exact) mass is 307 g/mol. The summed E-state index contributed by atoms with van der Waals surface area (Å²) in [5.41, 5.74) is 2.96. The smallest absolute Gasteiger partial charge is 0.0108 e. The third-order valence-electron chi connectivity index (χ3n) is 4.31. The van der Waals surface area contributed by atoms with Crippen molar-refractivity contribution in [2.45, 2.75) is 59.4 Å². The minimum absolute atomic E-state index is 0.616. The molecule has 0 aliphatic carbocycles. The minimum atomic E-state index is 0.616. The molecule has 1 atom stereocenters. The normalized spacial score (nSPS) is 18.3. The third-order valence-corrected chi connectivity index (χ3v) is 4.31. The van der Waals surface area contributed by atoms with Gasteiger partial charge in [-0.3, -0.25) is 4.90 Å². The number of allylic oxidation sites excluding steroid dienone is 4. The largest absolute Gasteiger partial charge is 0.314 e. The first kappa shape index (κ1) is 19.4. The minimum Gasteiger partial charge on any atom is -0.314 e. The number of piperazine rings is 1. The average Bonchev–Trinajstić information content (AvgIpc) is 2.48. The van der Waals surface area contributed by atoms with Crippen LogP contribution in [0.5, 0.6) is 0 Å². The fourth-order valence-electron chi connectivity index (χ4n) is 2.78. The molecule has 0 bridgehead atoms. The molecule has 3 heteroatoms. The molecule has 1 aliphatic rings. The Morgan fingerprint density at radius 2 is 1.86 bits per heavy atom. The van der Waals surface area contributed by atoms with E-state index in [9.17, 15) is 0 Å². The molecule has 2 N–H and O–H groups in total. The standard InChI is InChI=1S/C19H37N3/c1-17(2)7-5-8-18(3)9-6-10-19(4)21-13-16-22-14-11-20-12-15-22/h7,9,19-21H,5-6,8,10-16H2,1-4H3/b18-9+/t19-/m0/s1. The summed E-state index contributed by atoms with van der Waals surface area (Å²) in [6.45, 7) is 15.9. The van der Waals surface area contributed by atoms with Gasteiger partial charge in [-0.15, -0.1) is 0 Å². The zero-order chi connectivity index (χ0) is 16.2. The lowest BCUT2D eigenvalue weighted by Crippen LogP contribution is -2.46. The fraction of sp³-hybridized carbons (Fsp3) is 0.789. The van der Waals surface area contributed by atoms with E-state index in [0.717, 1.165) is 19.6 Å². The second-order valence-corrected chi connectivity index (χ2v) is 6.89. The van der Waals surface area contributed by atoms with E-state index in [-0.39, 0.29) is 0 Å². The average molecular weight is 308 g/mol. The van der Waals surface area contributed by atoms with Gasteiger partial charge in [0.05, 0.1) is 0 Å².